The van der Waals surface area contributed by atoms with E-state index in [0.29, 0.717) is 17.6 Å². The zero-order chi connectivity index (χ0) is 22.8. The number of ether oxygens (including phenoxy) is 1. The normalized spacial score (nSPS) is 22.5. The quantitative estimate of drug-likeness (QED) is 0.500. The number of hydrogen-bond acceptors (Lipinski definition) is 7. The molecule has 8 heteroatoms. The summed E-state index contributed by atoms with van der Waals surface area (Å²) in [5.74, 6) is 1.40. The Hall–Kier alpha value is -2.71. The van der Waals surface area contributed by atoms with Crippen molar-refractivity contribution in [1.29, 1.82) is 0 Å². The highest BCUT2D eigenvalue weighted by molar-refractivity contribution is 5.84. The summed E-state index contributed by atoms with van der Waals surface area (Å²) < 4.78 is 5.87. The maximum absolute atomic E-state index is 5.87. The Balaban J connectivity index is 1.31. The fourth-order valence-corrected chi connectivity index (χ4v) is 5.19. The van der Waals surface area contributed by atoms with Crippen LogP contribution in [-0.4, -0.2) is 56.2 Å². The number of aromatic nitrogens is 4. The predicted molar refractivity (Wildman–Crippen MR) is 132 cm³/mol. The molecule has 1 aromatic carbocycles. The third-order valence-corrected chi connectivity index (χ3v) is 6.67. The molecule has 2 aliphatic rings. The van der Waals surface area contributed by atoms with Crippen molar-refractivity contribution in [2.45, 2.75) is 77.7 Å². The number of benzene rings is 1. The molecule has 2 aromatic heterocycles. The van der Waals surface area contributed by atoms with Crippen LogP contribution in [0.25, 0.3) is 11.2 Å². The van der Waals surface area contributed by atoms with Gasteiger partial charge in [0, 0.05) is 31.4 Å². The van der Waals surface area contributed by atoms with E-state index in [2.05, 4.69) is 69.5 Å². The largest absolute Gasteiger partial charge is 0.373 e. The number of aromatic amines is 1. The maximum atomic E-state index is 5.87. The van der Waals surface area contributed by atoms with Crippen LogP contribution in [0.15, 0.2) is 24.5 Å². The van der Waals surface area contributed by atoms with Gasteiger partial charge < -0.3 is 20.4 Å². The summed E-state index contributed by atoms with van der Waals surface area (Å²) in [4.78, 5) is 19.5. The molecule has 0 bridgehead atoms. The Morgan fingerprint density at radius 2 is 1.88 bits per heavy atom. The third kappa shape index (κ3) is 5.28. The maximum Gasteiger partial charge on any atom is 0.231 e. The van der Waals surface area contributed by atoms with Crippen molar-refractivity contribution >= 4 is 28.6 Å². The van der Waals surface area contributed by atoms with Gasteiger partial charge in [0.25, 0.3) is 0 Å². The van der Waals surface area contributed by atoms with Crippen molar-refractivity contribution < 1.29 is 4.74 Å². The van der Waals surface area contributed by atoms with Gasteiger partial charge in [0.15, 0.2) is 11.5 Å². The highest BCUT2D eigenvalue weighted by Gasteiger charge is 2.22. The fourth-order valence-electron chi connectivity index (χ4n) is 5.19. The van der Waals surface area contributed by atoms with E-state index in [4.69, 9.17) is 9.72 Å². The summed E-state index contributed by atoms with van der Waals surface area (Å²) >= 11 is 0. The Kier molecular flexibility index (Phi) is 6.46. The first kappa shape index (κ1) is 22.1. The SMILES string of the molecule is Cc1cc(CN2CC(C)OC(C)C2)ccc1Nc1nc(NC2CCCCC2)c2[nH]cnc2n1. The highest BCUT2D eigenvalue weighted by atomic mass is 16.5. The number of rotatable bonds is 6. The molecule has 3 N–H and O–H groups in total. The molecule has 0 spiro atoms. The lowest BCUT2D eigenvalue weighted by Crippen LogP contribution is -2.44. The highest BCUT2D eigenvalue weighted by Crippen LogP contribution is 2.27. The number of anilines is 3. The summed E-state index contributed by atoms with van der Waals surface area (Å²) in [5, 5.41) is 7.06. The molecule has 0 amide bonds. The summed E-state index contributed by atoms with van der Waals surface area (Å²) in [6.45, 7) is 9.30. The second-order valence-corrected chi connectivity index (χ2v) is 9.70. The summed E-state index contributed by atoms with van der Waals surface area (Å²) in [6, 6.07) is 7.03. The van der Waals surface area contributed by atoms with Gasteiger partial charge in [-0.3, -0.25) is 4.90 Å². The number of fused-ring (bicyclic) bond motifs is 1. The van der Waals surface area contributed by atoms with Gasteiger partial charge >= 0.3 is 0 Å². The van der Waals surface area contributed by atoms with Crippen molar-refractivity contribution in [1.82, 2.24) is 24.8 Å². The van der Waals surface area contributed by atoms with Crippen LogP contribution in [0.4, 0.5) is 17.5 Å². The first-order chi connectivity index (χ1) is 16.0. The number of H-pyrrole nitrogens is 1. The van der Waals surface area contributed by atoms with E-state index in [0.717, 1.165) is 36.7 Å². The zero-order valence-electron chi connectivity index (χ0n) is 19.9. The molecule has 1 aliphatic carbocycles. The van der Waals surface area contributed by atoms with E-state index in [9.17, 15) is 0 Å². The molecule has 176 valence electrons. The van der Waals surface area contributed by atoms with Gasteiger partial charge in [0.05, 0.1) is 18.5 Å². The summed E-state index contributed by atoms with van der Waals surface area (Å²) in [7, 11) is 0. The Morgan fingerprint density at radius 1 is 1.09 bits per heavy atom. The van der Waals surface area contributed by atoms with E-state index < -0.39 is 0 Å². The van der Waals surface area contributed by atoms with Gasteiger partial charge in [-0.1, -0.05) is 31.4 Å². The summed E-state index contributed by atoms with van der Waals surface area (Å²) in [5.41, 5.74) is 5.04. The van der Waals surface area contributed by atoms with Gasteiger partial charge in [-0.25, -0.2) is 4.98 Å². The zero-order valence-corrected chi connectivity index (χ0v) is 19.9. The van der Waals surface area contributed by atoms with Crippen molar-refractivity contribution in [2.24, 2.45) is 0 Å². The molecule has 1 saturated heterocycles. The number of nitrogens with zero attached hydrogens (tertiary/aromatic N) is 4. The van der Waals surface area contributed by atoms with E-state index in [1.165, 1.54) is 43.2 Å². The van der Waals surface area contributed by atoms with E-state index in [-0.39, 0.29) is 12.2 Å². The Labute approximate surface area is 195 Å². The topological polar surface area (TPSA) is 91.0 Å². The van der Waals surface area contributed by atoms with Crippen LogP contribution in [0.5, 0.6) is 0 Å². The molecule has 8 nitrogen and oxygen atoms in total. The molecule has 33 heavy (non-hydrogen) atoms. The van der Waals surface area contributed by atoms with E-state index in [1.54, 1.807) is 6.33 Å². The van der Waals surface area contributed by atoms with Crippen LogP contribution < -0.4 is 10.6 Å². The molecule has 1 saturated carbocycles. The third-order valence-electron chi connectivity index (χ3n) is 6.67. The lowest BCUT2D eigenvalue weighted by molar-refractivity contribution is -0.0704. The minimum absolute atomic E-state index is 0.279. The first-order valence-corrected chi connectivity index (χ1v) is 12.3. The second-order valence-electron chi connectivity index (χ2n) is 9.70. The van der Waals surface area contributed by atoms with Crippen molar-refractivity contribution in [3.05, 3.63) is 35.7 Å². The predicted octanol–water partition coefficient (Wildman–Crippen LogP) is 4.76. The number of nitrogens with one attached hydrogen (secondary N) is 3. The molecule has 3 heterocycles. The Bertz CT molecular complexity index is 1080. The van der Waals surface area contributed by atoms with Crippen molar-refractivity contribution in [2.75, 3.05) is 23.7 Å². The molecule has 1 aliphatic heterocycles. The van der Waals surface area contributed by atoms with Gasteiger partial charge in [0.2, 0.25) is 5.95 Å². The van der Waals surface area contributed by atoms with E-state index >= 15 is 0 Å². The minimum atomic E-state index is 0.279. The van der Waals surface area contributed by atoms with Crippen LogP contribution in [0.3, 0.4) is 0 Å². The smallest absolute Gasteiger partial charge is 0.231 e. The number of imidazole rings is 1. The van der Waals surface area contributed by atoms with Crippen LogP contribution in [-0.2, 0) is 11.3 Å². The number of hydrogen-bond donors (Lipinski definition) is 3. The molecule has 2 fully saturated rings. The Morgan fingerprint density at radius 3 is 2.64 bits per heavy atom. The molecule has 2 unspecified atom stereocenters. The van der Waals surface area contributed by atoms with Crippen LogP contribution in [0.2, 0.25) is 0 Å². The molecular weight excluding hydrogens is 414 g/mol. The number of aryl methyl sites for hydroxylation is 1. The fraction of sp³-hybridized carbons (Fsp3) is 0.560. The average molecular weight is 450 g/mol. The molecular formula is C25H35N7O. The monoisotopic (exact) mass is 449 g/mol. The average Bonchev–Trinajstić information content (AvgIpc) is 3.25. The first-order valence-electron chi connectivity index (χ1n) is 12.3. The van der Waals surface area contributed by atoms with Crippen LogP contribution in [0.1, 0.15) is 57.1 Å². The lowest BCUT2D eigenvalue weighted by atomic mass is 9.95. The van der Waals surface area contributed by atoms with Gasteiger partial charge in [0.1, 0.15) is 5.52 Å². The van der Waals surface area contributed by atoms with E-state index in [1.807, 2.05) is 0 Å². The molecule has 3 aromatic rings. The lowest BCUT2D eigenvalue weighted by Gasteiger charge is -2.35. The summed E-state index contributed by atoms with van der Waals surface area (Å²) in [6.07, 6.45) is 8.48. The molecule has 0 radical (unpaired) electrons. The number of morpholine rings is 1. The van der Waals surface area contributed by atoms with Crippen LogP contribution >= 0.6 is 0 Å². The molecule has 2 atom stereocenters. The minimum Gasteiger partial charge on any atom is -0.373 e. The second kappa shape index (κ2) is 9.65. The van der Waals surface area contributed by atoms with Gasteiger partial charge in [-0.05, 0) is 50.8 Å². The van der Waals surface area contributed by atoms with Crippen molar-refractivity contribution in [3.63, 3.8) is 0 Å². The van der Waals surface area contributed by atoms with Crippen LogP contribution in [0, 0.1) is 6.92 Å². The van der Waals surface area contributed by atoms with Gasteiger partial charge in [-0.15, -0.1) is 0 Å². The van der Waals surface area contributed by atoms with Crippen molar-refractivity contribution in [3.8, 4) is 0 Å². The standard InChI is InChI=1S/C25H35N7O/c1-16-11-19(14-32-12-17(2)33-18(3)13-32)9-10-21(16)29-25-30-23-22(26-15-27-23)24(31-25)28-20-7-5-4-6-8-20/h9-11,15,17-18,20H,4-8,12-14H2,1-3H3,(H3,26,27,28,29,30,31). The molecule has 5 rings (SSSR count). The van der Waals surface area contributed by atoms with Gasteiger partial charge in [-0.2, -0.15) is 9.97 Å².